The highest BCUT2D eigenvalue weighted by Crippen LogP contribution is 2.56. The van der Waals surface area contributed by atoms with Crippen LogP contribution in [0.2, 0.25) is 16.6 Å². The second-order valence-electron chi connectivity index (χ2n) is 16.7. The van der Waals surface area contributed by atoms with Crippen LogP contribution in [0.5, 0.6) is 0 Å². The third kappa shape index (κ3) is 9.74. The van der Waals surface area contributed by atoms with Crippen LogP contribution in [-0.4, -0.2) is 15.4 Å². The van der Waals surface area contributed by atoms with Gasteiger partial charge in [-0.2, -0.15) is 0 Å². The fourth-order valence-electron chi connectivity index (χ4n) is 9.36. The summed E-state index contributed by atoms with van der Waals surface area (Å²) in [6, 6.07) is 53.3. The van der Waals surface area contributed by atoms with Crippen molar-refractivity contribution in [2.24, 2.45) is 0 Å². The van der Waals surface area contributed by atoms with E-state index in [4.69, 9.17) is 9.16 Å². The van der Waals surface area contributed by atoms with Gasteiger partial charge in [-0.3, -0.25) is 0 Å². The number of methoxy groups -OCH3 is 1. The average Bonchev–Trinajstić information content (AvgIpc) is 3.25. The van der Waals surface area contributed by atoms with Gasteiger partial charge in [-0.05, 0) is 143 Å². The first-order valence-corrected chi connectivity index (χ1v) is 26.2. The Morgan fingerprint density at radius 2 is 0.557 bits per heavy atom. The zero-order chi connectivity index (χ0) is 43.4. The molecule has 7 aromatic rings. The van der Waals surface area contributed by atoms with E-state index in [0.717, 1.165) is 73.5 Å². The number of ether oxygens (including phenoxy) is 1. The van der Waals surface area contributed by atoms with Crippen molar-refractivity contribution in [2.75, 3.05) is 7.11 Å². The van der Waals surface area contributed by atoms with Crippen LogP contribution in [0.1, 0.15) is 52.7 Å². The topological polar surface area (TPSA) is 18.5 Å². The van der Waals surface area contributed by atoms with Gasteiger partial charge < -0.3 is 9.16 Å². The van der Waals surface area contributed by atoms with Gasteiger partial charge in [0, 0.05) is 25.0 Å². The zero-order valence-electron chi connectivity index (χ0n) is 35.8. The molecule has 0 aliphatic carbocycles. The summed E-state index contributed by atoms with van der Waals surface area (Å²) < 4.78 is 16.8. The first-order chi connectivity index (χ1) is 29.3. The van der Waals surface area contributed by atoms with Gasteiger partial charge in [-0.1, -0.05) is 202 Å². The molecule has 7 rings (SSSR count). The van der Waals surface area contributed by atoms with E-state index in [9.17, 15) is 0 Å². The lowest BCUT2D eigenvalue weighted by Crippen LogP contribution is -2.47. The summed E-state index contributed by atoms with van der Waals surface area (Å²) in [4.78, 5) is 0. The summed E-state index contributed by atoms with van der Waals surface area (Å²) in [6.45, 7) is 15.3. The Labute approximate surface area is 397 Å². The van der Waals surface area contributed by atoms with Gasteiger partial charge in [0.2, 0.25) is 8.32 Å². The first kappa shape index (κ1) is 45.6. The van der Waals surface area contributed by atoms with E-state index in [1.807, 2.05) is 0 Å². The lowest BCUT2D eigenvalue weighted by atomic mass is 9.74. The van der Waals surface area contributed by atoms with Crippen LogP contribution >= 0.6 is 63.7 Å². The fraction of sp³-hybridized carbons (Fsp3) is 0.222. The van der Waals surface area contributed by atoms with Gasteiger partial charge in [0.15, 0.2) is 0 Å². The molecule has 0 saturated heterocycles. The van der Waals surface area contributed by atoms with E-state index in [1.165, 1.54) is 22.3 Å². The second-order valence-corrected chi connectivity index (χ2v) is 25.8. The standard InChI is InChI=1S/C54H52Br4O2Si/c1-34(2)61(35(3)4,36(5)6)60-33-38-10-14-40(15-11-38)50-53(43-20-28-47(57)29-21-43)51(41-16-24-45(55)25-17-41)49(39-12-8-37(9-13-39)32-59-7)52(42-18-26-46(56)27-19-42)54(50)44-22-30-48(58)31-23-44/h8-31,34-36H,32-33H2,1-7H3. The number of halogens is 4. The number of hydrogen-bond acceptors (Lipinski definition) is 2. The van der Waals surface area contributed by atoms with Crippen LogP contribution in [-0.2, 0) is 22.4 Å². The van der Waals surface area contributed by atoms with Crippen LogP contribution in [0.25, 0.3) is 66.8 Å². The summed E-state index contributed by atoms with van der Waals surface area (Å²) in [5, 5.41) is 0. The normalized spacial score (nSPS) is 11.9. The van der Waals surface area contributed by atoms with Crippen molar-refractivity contribution in [1.29, 1.82) is 0 Å². The SMILES string of the molecule is COCc1ccc(-c2c(-c3ccc(Br)cc3)c(-c3ccc(Br)cc3)c(-c3ccc(CO[Si](C(C)C)(C(C)C)C(C)C)cc3)c(-c3ccc(Br)cc3)c2-c2ccc(Br)cc2)cc1. The minimum Gasteiger partial charge on any atom is -0.412 e. The molecule has 2 nitrogen and oxygen atoms in total. The lowest BCUT2D eigenvalue weighted by Gasteiger charge is -2.42. The molecule has 0 saturated carbocycles. The van der Waals surface area contributed by atoms with Gasteiger partial charge in [0.05, 0.1) is 13.2 Å². The molecule has 0 aliphatic rings. The Bertz CT molecular complexity index is 2430. The molecule has 0 N–H and O–H groups in total. The number of rotatable bonds is 14. The summed E-state index contributed by atoms with van der Waals surface area (Å²) in [5.74, 6) is 0. The maximum absolute atomic E-state index is 7.13. The highest BCUT2D eigenvalue weighted by atomic mass is 79.9. The second kappa shape index (κ2) is 20.0. The Morgan fingerprint density at radius 1 is 0.344 bits per heavy atom. The number of hydrogen-bond donors (Lipinski definition) is 0. The Hall–Kier alpha value is -3.40. The number of benzene rings is 7. The van der Waals surface area contributed by atoms with Crippen molar-refractivity contribution in [3.05, 3.63) is 175 Å². The molecule has 312 valence electrons. The van der Waals surface area contributed by atoms with Crippen molar-refractivity contribution in [2.45, 2.75) is 71.4 Å². The van der Waals surface area contributed by atoms with Crippen molar-refractivity contribution in [3.63, 3.8) is 0 Å². The summed E-state index contributed by atoms with van der Waals surface area (Å²) >= 11 is 15.0. The molecule has 61 heavy (non-hydrogen) atoms. The lowest BCUT2D eigenvalue weighted by molar-refractivity contribution is 0.185. The minimum atomic E-state index is -2.07. The monoisotopic (exact) mass is 1080 g/mol. The quantitative estimate of drug-likeness (QED) is 0.101. The predicted octanol–water partition coefficient (Wildman–Crippen LogP) is 18.6. The zero-order valence-corrected chi connectivity index (χ0v) is 43.2. The summed E-state index contributed by atoms with van der Waals surface area (Å²) in [6.07, 6.45) is 0. The smallest absolute Gasteiger partial charge is 0.200 e. The van der Waals surface area contributed by atoms with E-state index in [-0.39, 0.29) is 0 Å². The van der Waals surface area contributed by atoms with Gasteiger partial charge in [0.25, 0.3) is 0 Å². The molecule has 0 bridgehead atoms. The van der Waals surface area contributed by atoms with Crippen LogP contribution in [0.4, 0.5) is 0 Å². The molecule has 0 fully saturated rings. The van der Waals surface area contributed by atoms with Crippen LogP contribution in [0, 0.1) is 0 Å². The third-order valence-electron chi connectivity index (χ3n) is 12.0. The molecule has 0 aromatic heterocycles. The molecule has 7 aromatic carbocycles. The minimum absolute atomic E-state index is 0.512. The van der Waals surface area contributed by atoms with Gasteiger partial charge >= 0.3 is 0 Å². The van der Waals surface area contributed by atoms with Crippen molar-refractivity contribution in [1.82, 2.24) is 0 Å². The molecule has 7 heteroatoms. The molecule has 0 atom stereocenters. The van der Waals surface area contributed by atoms with Crippen LogP contribution < -0.4 is 0 Å². The molecular formula is C54H52Br4O2Si. The van der Waals surface area contributed by atoms with Gasteiger partial charge in [0.1, 0.15) is 0 Å². The van der Waals surface area contributed by atoms with E-state index < -0.39 is 8.32 Å². The van der Waals surface area contributed by atoms with Crippen LogP contribution in [0.3, 0.4) is 0 Å². The molecule has 0 spiro atoms. The largest absolute Gasteiger partial charge is 0.412 e. The Balaban J connectivity index is 1.63. The van der Waals surface area contributed by atoms with Gasteiger partial charge in [-0.25, -0.2) is 0 Å². The molecule has 0 heterocycles. The fourth-order valence-corrected chi connectivity index (χ4v) is 15.8. The molecule has 0 unspecified atom stereocenters. The van der Waals surface area contributed by atoms with E-state index >= 15 is 0 Å². The predicted molar refractivity (Wildman–Crippen MR) is 276 cm³/mol. The summed E-state index contributed by atoms with van der Waals surface area (Å²) in [7, 11) is -0.323. The Kier molecular flexibility index (Phi) is 14.9. The Morgan fingerprint density at radius 3 is 0.770 bits per heavy atom. The van der Waals surface area contributed by atoms with E-state index in [2.05, 4.69) is 251 Å². The van der Waals surface area contributed by atoms with Crippen LogP contribution in [0.15, 0.2) is 163 Å². The molecule has 0 amide bonds. The van der Waals surface area contributed by atoms with Gasteiger partial charge in [-0.15, -0.1) is 0 Å². The summed E-state index contributed by atoms with van der Waals surface area (Å²) in [5.41, 5.74) is 17.6. The van der Waals surface area contributed by atoms with Crippen molar-refractivity contribution >= 4 is 72.0 Å². The van der Waals surface area contributed by atoms with E-state index in [1.54, 1.807) is 7.11 Å². The third-order valence-corrected chi connectivity index (χ3v) is 20.2. The molecular weight excluding hydrogens is 1030 g/mol. The van der Waals surface area contributed by atoms with E-state index in [0.29, 0.717) is 29.8 Å². The highest BCUT2D eigenvalue weighted by molar-refractivity contribution is 9.11. The van der Waals surface area contributed by atoms with Crippen molar-refractivity contribution in [3.8, 4) is 66.8 Å². The molecule has 0 aliphatic heterocycles. The maximum Gasteiger partial charge on any atom is 0.200 e. The van der Waals surface area contributed by atoms with Crippen molar-refractivity contribution < 1.29 is 9.16 Å². The average molecular weight is 1080 g/mol. The maximum atomic E-state index is 7.13. The highest BCUT2D eigenvalue weighted by Gasteiger charge is 2.45. The molecule has 0 radical (unpaired) electrons. The first-order valence-electron chi connectivity index (χ1n) is 20.9.